The van der Waals surface area contributed by atoms with E-state index in [0.29, 0.717) is 19.7 Å². The Kier molecular flexibility index (Phi) is 4.35. The van der Waals surface area contributed by atoms with Crippen LogP contribution >= 0.6 is 0 Å². The van der Waals surface area contributed by atoms with Crippen molar-refractivity contribution in [2.45, 2.75) is 26.7 Å². The van der Waals surface area contributed by atoms with E-state index < -0.39 is 0 Å². The van der Waals surface area contributed by atoms with Gasteiger partial charge in [0, 0.05) is 13.1 Å². The van der Waals surface area contributed by atoms with Gasteiger partial charge in [-0.05, 0) is 18.8 Å². The van der Waals surface area contributed by atoms with Crippen LogP contribution in [0.2, 0.25) is 0 Å². The van der Waals surface area contributed by atoms with Crippen molar-refractivity contribution in [3.63, 3.8) is 0 Å². The van der Waals surface area contributed by atoms with E-state index in [0.717, 1.165) is 12.8 Å². The van der Waals surface area contributed by atoms with Crippen LogP contribution in [0.1, 0.15) is 26.7 Å². The summed E-state index contributed by atoms with van der Waals surface area (Å²) in [6, 6.07) is 0. The molecule has 0 aliphatic carbocycles. The molecule has 1 heterocycles. The van der Waals surface area contributed by atoms with Gasteiger partial charge in [-0.25, -0.2) is 5.06 Å². The first-order chi connectivity index (χ1) is 6.66. The number of rotatable bonds is 3. The van der Waals surface area contributed by atoms with Gasteiger partial charge in [0.05, 0.1) is 12.5 Å². The first-order valence-electron chi connectivity index (χ1n) is 5.31. The van der Waals surface area contributed by atoms with Gasteiger partial charge in [-0.2, -0.15) is 0 Å². The van der Waals surface area contributed by atoms with E-state index in [-0.39, 0.29) is 17.7 Å². The fourth-order valence-electron chi connectivity index (χ4n) is 1.61. The summed E-state index contributed by atoms with van der Waals surface area (Å²) in [5, 5.41) is 1.49. The Bertz CT molecular complexity index is 189. The third-order valence-electron chi connectivity index (χ3n) is 2.62. The van der Waals surface area contributed by atoms with Gasteiger partial charge in [0.2, 0.25) is 0 Å². The first-order valence-corrected chi connectivity index (χ1v) is 5.31. The number of hydroxylamine groups is 2. The van der Waals surface area contributed by atoms with Gasteiger partial charge in [0.1, 0.15) is 0 Å². The van der Waals surface area contributed by atoms with Gasteiger partial charge < -0.3 is 5.73 Å². The van der Waals surface area contributed by atoms with Crippen LogP contribution in [0.3, 0.4) is 0 Å². The van der Waals surface area contributed by atoms with Gasteiger partial charge >= 0.3 is 0 Å². The van der Waals surface area contributed by atoms with Crippen LogP contribution in [0.25, 0.3) is 0 Å². The molecule has 1 fully saturated rings. The lowest BCUT2D eigenvalue weighted by Crippen LogP contribution is -2.43. The van der Waals surface area contributed by atoms with Crippen molar-refractivity contribution in [3.05, 3.63) is 0 Å². The van der Waals surface area contributed by atoms with Crippen LogP contribution in [0.4, 0.5) is 0 Å². The van der Waals surface area contributed by atoms with Crippen LogP contribution in [0, 0.1) is 11.8 Å². The van der Waals surface area contributed by atoms with Crippen LogP contribution in [-0.2, 0) is 9.63 Å². The van der Waals surface area contributed by atoms with Crippen molar-refractivity contribution in [1.82, 2.24) is 5.06 Å². The molecule has 4 heteroatoms. The number of nitrogens with zero attached hydrogens (tertiary/aromatic N) is 1. The highest BCUT2D eigenvalue weighted by Crippen LogP contribution is 2.16. The summed E-state index contributed by atoms with van der Waals surface area (Å²) in [5.74, 6) is 0.216. The highest BCUT2D eigenvalue weighted by atomic mass is 16.7. The monoisotopic (exact) mass is 200 g/mol. The molecule has 1 atom stereocenters. The predicted molar refractivity (Wildman–Crippen MR) is 54.3 cm³/mol. The minimum Gasteiger partial charge on any atom is -0.330 e. The maximum absolute atomic E-state index is 11.9. The zero-order chi connectivity index (χ0) is 10.6. The van der Waals surface area contributed by atoms with Gasteiger partial charge in [0.25, 0.3) is 5.91 Å². The molecule has 0 spiro atoms. The lowest BCUT2D eigenvalue weighted by Gasteiger charge is -2.30. The molecule has 82 valence electrons. The average Bonchev–Trinajstić information content (AvgIpc) is 2.19. The Morgan fingerprint density at radius 3 is 2.64 bits per heavy atom. The number of nitrogens with two attached hydrogens (primary N) is 1. The third-order valence-corrected chi connectivity index (χ3v) is 2.62. The number of hydrogen-bond donors (Lipinski definition) is 1. The largest absolute Gasteiger partial charge is 0.330 e. The molecule has 1 amide bonds. The molecule has 0 aromatic rings. The molecule has 1 aliphatic rings. The van der Waals surface area contributed by atoms with E-state index in [1.165, 1.54) is 5.06 Å². The minimum atomic E-state index is -0.104. The van der Waals surface area contributed by atoms with Crippen LogP contribution in [0.15, 0.2) is 0 Å². The Morgan fingerprint density at radius 1 is 1.50 bits per heavy atom. The van der Waals surface area contributed by atoms with Gasteiger partial charge in [-0.1, -0.05) is 13.8 Å². The lowest BCUT2D eigenvalue weighted by molar-refractivity contribution is -0.202. The molecule has 1 saturated heterocycles. The molecule has 0 radical (unpaired) electrons. The Balaban J connectivity index is 2.52. The molecular weight excluding hydrogens is 180 g/mol. The molecule has 1 unspecified atom stereocenters. The zero-order valence-corrected chi connectivity index (χ0v) is 9.03. The Morgan fingerprint density at radius 2 is 2.21 bits per heavy atom. The summed E-state index contributed by atoms with van der Waals surface area (Å²) in [4.78, 5) is 17.2. The Labute approximate surface area is 85.3 Å². The van der Waals surface area contributed by atoms with Crippen molar-refractivity contribution in [2.75, 3.05) is 19.7 Å². The SMILES string of the molecule is CC(C)C(CN)C(=O)N1CCCCO1. The smallest absolute Gasteiger partial charge is 0.250 e. The number of carbonyl (C=O) groups is 1. The second-order valence-electron chi connectivity index (χ2n) is 4.07. The molecule has 0 aromatic carbocycles. The third kappa shape index (κ3) is 2.69. The fourth-order valence-corrected chi connectivity index (χ4v) is 1.61. The average molecular weight is 200 g/mol. The minimum absolute atomic E-state index is 0.0437. The summed E-state index contributed by atoms with van der Waals surface area (Å²) in [6.45, 7) is 5.79. The van der Waals surface area contributed by atoms with Crippen molar-refractivity contribution in [3.8, 4) is 0 Å². The normalized spacial score (nSPS) is 19.9. The van der Waals surface area contributed by atoms with Crippen molar-refractivity contribution in [1.29, 1.82) is 0 Å². The van der Waals surface area contributed by atoms with Gasteiger partial charge in [0.15, 0.2) is 0 Å². The molecule has 4 nitrogen and oxygen atoms in total. The Hall–Kier alpha value is -0.610. The van der Waals surface area contributed by atoms with Crippen molar-refractivity contribution in [2.24, 2.45) is 17.6 Å². The van der Waals surface area contributed by atoms with E-state index in [9.17, 15) is 4.79 Å². The second kappa shape index (κ2) is 5.32. The summed E-state index contributed by atoms with van der Waals surface area (Å²) >= 11 is 0. The summed E-state index contributed by atoms with van der Waals surface area (Å²) < 4.78 is 0. The molecular formula is C10H20N2O2. The summed E-state index contributed by atoms with van der Waals surface area (Å²) in [6.07, 6.45) is 2.07. The van der Waals surface area contributed by atoms with Crippen molar-refractivity contribution < 1.29 is 9.63 Å². The summed E-state index contributed by atoms with van der Waals surface area (Å²) in [7, 11) is 0. The van der Waals surface area contributed by atoms with Gasteiger partial charge in [-0.15, -0.1) is 0 Å². The molecule has 14 heavy (non-hydrogen) atoms. The molecule has 1 rings (SSSR count). The van der Waals surface area contributed by atoms with Crippen LogP contribution < -0.4 is 5.73 Å². The van der Waals surface area contributed by atoms with E-state index in [2.05, 4.69) is 0 Å². The predicted octanol–water partition coefficient (Wildman–Crippen LogP) is 0.771. The maximum Gasteiger partial charge on any atom is 0.250 e. The standard InChI is InChI=1S/C10H20N2O2/c1-8(2)9(7-11)10(13)12-5-3-4-6-14-12/h8-9H,3-7,11H2,1-2H3. The van der Waals surface area contributed by atoms with E-state index in [1.807, 2.05) is 13.8 Å². The number of amides is 1. The van der Waals surface area contributed by atoms with E-state index in [4.69, 9.17) is 10.6 Å². The summed E-state index contributed by atoms with van der Waals surface area (Å²) in [5.41, 5.74) is 5.58. The number of hydrogen-bond acceptors (Lipinski definition) is 3. The van der Waals surface area contributed by atoms with Crippen LogP contribution in [-0.4, -0.2) is 30.7 Å². The second-order valence-corrected chi connectivity index (χ2v) is 4.07. The van der Waals surface area contributed by atoms with Gasteiger partial charge in [-0.3, -0.25) is 9.63 Å². The molecule has 2 N–H and O–H groups in total. The number of carbonyl (C=O) groups excluding carboxylic acids is 1. The topological polar surface area (TPSA) is 55.6 Å². The highest BCUT2D eigenvalue weighted by molar-refractivity contribution is 5.78. The molecule has 1 aliphatic heterocycles. The molecule has 0 aromatic heterocycles. The van der Waals surface area contributed by atoms with Crippen molar-refractivity contribution >= 4 is 5.91 Å². The van der Waals surface area contributed by atoms with Crippen LogP contribution in [0.5, 0.6) is 0 Å². The highest BCUT2D eigenvalue weighted by Gasteiger charge is 2.27. The maximum atomic E-state index is 11.9. The molecule has 0 saturated carbocycles. The van der Waals surface area contributed by atoms with E-state index in [1.54, 1.807) is 0 Å². The first kappa shape index (κ1) is 11.5. The fraction of sp³-hybridized carbons (Fsp3) is 0.900. The van der Waals surface area contributed by atoms with E-state index >= 15 is 0 Å². The lowest BCUT2D eigenvalue weighted by atomic mass is 9.95. The quantitative estimate of drug-likeness (QED) is 0.732. The molecule has 0 bridgehead atoms. The zero-order valence-electron chi connectivity index (χ0n) is 9.03.